The van der Waals surface area contributed by atoms with Gasteiger partial charge in [0.05, 0.1) is 12.7 Å². The van der Waals surface area contributed by atoms with Crippen LogP contribution in [0.2, 0.25) is 0 Å². The fourth-order valence-corrected chi connectivity index (χ4v) is 3.52. The van der Waals surface area contributed by atoms with Gasteiger partial charge in [0.2, 0.25) is 0 Å². The molecule has 1 aromatic carbocycles. The van der Waals surface area contributed by atoms with Gasteiger partial charge in [-0.15, -0.1) is 0 Å². The molecule has 1 aromatic rings. The molecule has 2 fully saturated rings. The molecule has 3 N–H and O–H groups in total. The third kappa shape index (κ3) is 2.97. The molecule has 2 unspecified atom stereocenters. The maximum absolute atomic E-state index is 11.7. The van der Waals surface area contributed by atoms with Gasteiger partial charge in [-0.05, 0) is 50.4 Å². The Morgan fingerprint density at radius 1 is 1.38 bits per heavy atom. The standard InChI is InChI=1S/C16H23N3O2/c1-21-16(20)14-10-11(4-5-15(14)17)18-12-6-8-19-7-2-3-13(19)9-12/h4-5,10,12-13,18H,2-3,6-9,17H2,1H3. The van der Waals surface area contributed by atoms with Gasteiger partial charge in [-0.1, -0.05) is 0 Å². The van der Waals surface area contributed by atoms with E-state index < -0.39 is 0 Å². The monoisotopic (exact) mass is 289 g/mol. The van der Waals surface area contributed by atoms with Gasteiger partial charge < -0.3 is 20.7 Å². The molecule has 21 heavy (non-hydrogen) atoms. The summed E-state index contributed by atoms with van der Waals surface area (Å²) >= 11 is 0. The average Bonchev–Trinajstić information content (AvgIpc) is 2.96. The first kappa shape index (κ1) is 14.2. The molecule has 2 aliphatic heterocycles. The van der Waals surface area contributed by atoms with Crippen molar-refractivity contribution in [3.05, 3.63) is 23.8 Å². The zero-order chi connectivity index (χ0) is 14.8. The lowest BCUT2D eigenvalue weighted by Gasteiger charge is -2.35. The van der Waals surface area contributed by atoms with E-state index in [4.69, 9.17) is 10.5 Å². The summed E-state index contributed by atoms with van der Waals surface area (Å²) < 4.78 is 4.77. The zero-order valence-electron chi connectivity index (χ0n) is 12.5. The van der Waals surface area contributed by atoms with Crippen molar-refractivity contribution in [1.29, 1.82) is 0 Å². The Balaban J connectivity index is 1.69. The van der Waals surface area contributed by atoms with E-state index in [0.29, 0.717) is 17.3 Å². The van der Waals surface area contributed by atoms with Crippen molar-refractivity contribution < 1.29 is 9.53 Å². The average molecular weight is 289 g/mol. The number of benzene rings is 1. The molecule has 0 saturated carbocycles. The molecule has 0 spiro atoms. The van der Waals surface area contributed by atoms with Gasteiger partial charge in [0.15, 0.2) is 0 Å². The number of piperidine rings is 1. The first-order valence-electron chi connectivity index (χ1n) is 7.66. The van der Waals surface area contributed by atoms with Gasteiger partial charge in [0.1, 0.15) is 0 Å². The van der Waals surface area contributed by atoms with Crippen molar-refractivity contribution in [3.63, 3.8) is 0 Å². The molecule has 5 heteroatoms. The van der Waals surface area contributed by atoms with Crippen molar-refractivity contribution in [2.45, 2.75) is 37.8 Å². The van der Waals surface area contributed by atoms with Crippen LogP contribution in [0.4, 0.5) is 11.4 Å². The van der Waals surface area contributed by atoms with Crippen molar-refractivity contribution in [3.8, 4) is 0 Å². The lowest BCUT2D eigenvalue weighted by Crippen LogP contribution is -2.42. The summed E-state index contributed by atoms with van der Waals surface area (Å²) in [6, 6.07) is 6.69. The molecule has 114 valence electrons. The number of esters is 1. The maximum Gasteiger partial charge on any atom is 0.340 e. The van der Waals surface area contributed by atoms with Crippen LogP contribution in [0.25, 0.3) is 0 Å². The van der Waals surface area contributed by atoms with Crippen LogP contribution in [0, 0.1) is 0 Å². The predicted molar refractivity (Wildman–Crippen MR) is 83.4 cm³/mol. The van der Waals surface area contributed by atoms with Gasteiger partial charge in [0.25, 0.3) is 0 Å². The highest BCUT2D eigenvalue weighted by molar-refractivity contribution is 5.96. The summed E-state index contributed by atoms with van der Waals surface area (Å²) in [6.07, 6.45) is 4.96. The number of nitrogen functional groups attached to an aromatic ring is 1. The molecule has 2 saturated heterocycles. The topological polar surface area (TPSA) is 67.6 Å². The summed E-state index contributed by atoms with van der Waals surface area (Å²) in [5.41, 5.74) is 7.67. The summed E-state index contributed by atoms with van der Waals surface area (Å²) in [7, 11) is 1.37. The minimum atomic E-state index is -0.387. The highest BCUT2D eigenvalue weighted by Crippen LogP contribution is 2.29. The molecule has 0 radical (unpaired) electrons. The van der Waals surface area contributed by atoms with E-state index >= 15 is 0 Å². The van der Waals surface area contributed by atoms with E-state index in [9.17, 15) is 4.79 Å². The van der Waals surface area contributed by atoms with Crippen molar-refractivity contribution in [1.82, 2.24) is 4.90 Å². The first-order chi connectivity index (χ1) is 10.2. The first-order valence-corrected chi connectivity index (χ1v) is 7.66. The number of fused-ring (bicyclic) bond motifs is 1. The quantitative estimate of drug-likeness (QED) is 0.659. The number of nitrogens with two attached hydrogens (primary N) is 1. The number of carbonyl (C=O) groups is 1. The number of rotatable bonds is 3. The van der Waals surface area contributed by atoms with Crippen LogP contribution in [0.5, 0.6) is 0 Å². The van der Waals surface area contributed by atoms with Gasteiger partial charge >= 0.3 is 5.97 Å². The third-order valence-corrected chi connectivity index (χ3v) is 4.65. The van der Waals surface area contributed by atoms with Crippen LogP contribution >= 0.6 is 0 Å². The summed E-state index contributed by atoms with van der Waals surface area (Å²) in [4.78, 5) is 14.3. The summed E-state index contributed by atoms with van der Waals surface area (Å²) in [5, 5.41) is 3.55. The van der Waals surface area contributed by atoms with E-state index in [0.717, 1.165) is 18.2 Å². The summed E-state index contributed by atoms with van der Waals surface area (Å²) in [5.74, 6) is -0.387. The Labute approximate surface area is 125 Å². The van der Waals surface area contributed by atoms with Crippen LogP contribution in [0.15, 0.2) is 18.2 Å². The fraction of sp³-hybridized carbons (Fsp3) is 0.562. The number of carbonyl (C=O) groups excluding carboxylic acids is 1. The van der Waals surface area contributed by atoms with Crippen LogP contribution in [-0.4, -0.2) is 43.2 Å². The normalized spacial score (nSPS) is 25.4. The predicted octanol–water partition coefficient (Wildman–Crippen LogP) is 2.09. The van der Waals surface area contributed by atoms with E-state index in [1.54, 1.807) is 12.1 Å². The van der Waals surface area contributed by atoms with E-state index in [-0.39, 0.29) is 5.97 Å². The highest BCUT2D eigenvalue weighted by atomic mass is 16.5. The second kappa shape index (κ2) is 5.93. The smallest absolute Gasteiger partial charge is 0.340 e. The summed E-state index contributed by atoms with van der Waals surface area (Å²) in [6.45, 7) is 2.42. The van der Waals surface area contributed by atoms with Gasteiger partial charge in [-0.25, -0.2) is 4.79 Å². The Hall–Kier alpha value is -1.75. The number of methoxy groups -OCH3 is 1. The fourth-order valence-electron chi connectivity index (χ4n) is 3.52. The van der Waals surface area contributed by atoms with E-state index in [1.807, 2.05) is 6.07 Å². The highest BCUT2D eigenvalue weighted by Gasteiger charge is 2.31. The molecule has 0 aromatic heterocycles. The number of anilines is 2. The second-order valence-electron chi connectivity index (χ2n) is 5.99. The van der Waals surface area contributed by atoms with Crippen LogP contribution in [0.1, 0.15) is 36.0 Å². The maximum atomic E-state index is 11.7. The van der Waals surface area contributed by atoms with Crippen molar-refractivity contribution in [2.75, 3.05) is 31.2 Å². The van der Waals surface area contributed by atoms with Crippen molar-refractivity contribution >= 4 is 17.3 Å². The van der Waals surface area contributed by atoms with E-state index in [1.165, 1.54) is 39.5 Å². The Kier molecular flexibility index (Phi) is 4.01. The Morgan fingerprint density at radius 3 is 3.05 bits per heavy atom. The van der Waals surface area contributed by atoms with Gasteiger partial charge in [0, 0.05) is 30.0 Å². The minimum absolute atomic E-state index is 0.387. The molecule has 2 heterocycles. The van der Waals surface area contributed by atoms with Gasteiger partial charge in [-0.3, -0.25) is 0 Å². The number of ether oxygens (including phenoxy) is 1. The SMILES string of the molecule is COC(=O)c1cc(NC2CCN3CCCC3C2)ccc1N. The molecule has 0 amide bonds. The van der Waals surface area contributed by atoms with Crippen LogP contribution < -0.4 is 11.1 Å². The molecule has 3 rings (SSSR count). The second-order valence-corrected chi connectivity index (χ2v) is 5.99. The molecule has 2 atom stereocenters. The number of nitrogens with one attached hydrogen (secondary N) is 1. The molecule has 0 aliphatic carbocycles. The van der Waals surface area contributed by atoms with Gasteiger partial charge in [-0.2, -0.15) is 0 Å². The van der Waals surface area contributed by atoms with Crippen LogP contribution in [-0.2, 0) is 4.74 Å². The lowest BCUT2D eigenvalue weighted by molar-refractivity contribution is 0.0602. The third-order valence-electron chi connectivity index (χ3n) is 4.65. The van der Waals surface area contributed by atoms with Crippen LogP contribution in [0.3, 0.4) is 0 Å². The Bertz CT molecular complexity index is 532. The molecule has 0 bridgehead atoms. The molecular formula is C16H23N3O2. The number of hydrogen-bond acceptors (Lipinski definition) is 5. The molecular weight excluding hydrogens is 266 g/mol. The minimum Gasteiger partial charge on any atom is -0.465 e. The van der Waals surface area contributed by atoms with Crippen molar-refractivity contribution in [2.24, 2.45) is 0 Å². The lowest BCUT2D eigenvalue weighted by atomic mass is 9.97. The molecule has 2 aliphatic rings. The Morgan fingerprint density at radius 2 is 2.24 bits per heavy atom. The largest absolute Gasteiger partial charge is 0.465 e. The van der Waals surface area contributed by atoms with E-state index in [2.05, 4.69) is 10.2 Å². The number of nitrogens with zero attached hydrogens (tertiary/aromatic N) is 1. The zero-order valence-corrected chi connectivity index (χ0v) is 12.5. The molecule has 5 nitrogen and oxygen atoms in total. The number of hydrogen-bond donors (Lipinski definition) is 2.